The molecule has 1 amide bonds. The van der Waals surface area contributed by atoms with Gasteiger partial charge in [0.2, 0.25) is 5.91 Å². The van der Waals surface area contributed by atoms with Crippen LogP contribution in [-0.2, 0) is 65.4 Å². The number of carbonyl (C=O) groups is 1. The second kappa shape index (κ2) is 33.2. The summed E-state index contributed by atoms with van der Waals surface area (Å²) in [5, 5.41) is 27.1. The van der Waals surface area contributed by atoms with Crippen molar-refractivity contribution in [3.8, 4) is 0 Å². The molecule has 1 aromatic heterocycles. The fourth-order valence-electron chi connectivity index (χ4n) is 11.5. The first-order chi connectivity index (χ1) is 44.9. The number of carbonyl (C=O) groups excluding carboxylic acids is 1. The maximum absolute atomic E-state index is 13.8. The Morgan fingerprint density at radius 3 is 1.95 bits per heavy atom. The maximum atomic E-state index is 13.8. The Bertz CT molecular complexity index is 3700. The van der Waals surface area contributed by atoms with Crippen LogP contribution in [0, 0.1) is 0 Å². The summed E-state index contributed by atoms with van der Waals surface area (Å²) in [6.07, 6.45) is 3.16. The number of allylic oxidation sites excluding steroid dienone is 3. The number of hydrogen-bond acceptors (Lipinski definition) is 18. The number of oxime groups is 1. The molecule has 0 bridgehead atoms. The predicted molar refractivity (Wildman–Crippen MR) is 353 cm³/mol. The predicted octanol–water partition coefficient (Wildman–Crippen LogP) is 10.8. The van der Waals surface area contributed by atoms with E-state index >= 15 is 0 Å². The average Bonchev–Trinajstić information content (AvgIpc) is 1.60. The van der Waals surface area contributed by atoms with Crippen molar-refractivity contribution in [1.82, 2.24) is 4.73 Å². The lowest BCUT2D eigenvalue weighted by Crippen LogP contribution is -2.33. The standard InChI is InChI=1S/C70H76N8O12S/c1-51-67-59-15-4-2-13-53(59)46-76(64-20-10-7-17-61(64)68(51)67)66(79)26-28-81-30-32-83-36-38-87-48-57(49-88-39-37-84-34-35-86-41-43-90-72-44-54-47-77(80)65-21-11-6-14-58(54)65)89-42-40-85-33-31-82-29-27-75-45-52-12-3-5-16-60(52)70-69(62-18-8-9-19-63(62)75)73-74-78(70)56-24-22-55(23-25-56)71-50-91/h2-25,44,47,57,69-70,80H,1,26-43,45-46,48-49H2/p+1/b72-44+. The summed E-state index contributed by atoms with van der Waals surface area (Å²) in [6, 6.07) is 48.4. The lowest BCUT2D eigenvalue weighted by Gasteiger charge is -2.35. The Hall–Kier alpha value is -8.28. The van der Waals surface area contributed by atoms with Gasteiger partial charge in [-0.2, -0.15) is 10.1 Å². The Kier molecular flexibility index (Phi) is 23.4. The monoisotopic (exact) mass is 1250 g/mol. The number of ether oxygens (including phenoxy) is 9. The van der Waals surface area contributed by atoms with Crippen molar-refractivity contribution in [2.24, 2.45) is 20.5 Å². The van der Waals surface area contributed by atoms with Crippen LogP contribution in [-0.4, -0.2) is 159 Å². The molecule has 3 atom stereocenters. The van der Waals surface area contributed by atoms with E-state index in [0.717, 1.165) is 72.6 Å². The number of aromatic nitrogens is 1. The van der Waals surface area contributed by atoms with Gasteiger partial charge in [-0.15, -0.1) is 0 Å². The topological polar surface area (TPSA) is 196 Å². The van der Waals surface area contributed by atoms with Gasteiger partial charge in [0.1, 0.15) is 30.3 Å². The molecule has 4 heterocycles. The number of hydrogen-bond donors (Lipinski definition) is 0. The van der Waals surface area contributed by atoms with Crippen LogP contribution in [0.2, 0.25) is 0 Å². The fourth-order valence-corrected chi connectivity index (χ4v) is 11.6. The minimum Gasteiger partial charge on any atom is -0.487 e. The van der Waals surface area contributed by atoms with Crippen molar-refractivity contribution < 1.29 is 57.5 Å². The van der Waals surface area contributed by atoms with Crippen LogP contribution in [0.25, 0.3) is 22.0 Å². The Morgan fingerprint density at radius 2 is 1.21 bits per heavy atom. The van der Waals surface area contributed by atoms with Gasteiger partial charge in [-0.3, -0.25) is 4.79 Å². The van der Waals surface area contributed by atoms with Crippen LogP contribution in [0.15, 0.2) is 184 Å². The number of para-hydroxylation sites is 3. The van der Waals surface area contributed by atoms with Gasteiger partial charge < -0.3 is 62.5 Å². The molecule has 3 unspecified atom stereocenters. The van der Waals surface area contributed by atoms with Crippen LogP contribution < -0.4 is 14.8 Å². The first kappa shape index (κ1) is 64.3. The molecule has 2 N–H and O–H groups in total. The molecule has 1 aliphatic carbocycles. The highest BCUT2D eigenvalue weighted by Gasteiger charge is 2.41. The summed E-state index contributed by atoms with van der Waals surface area (Å²) >= 11 is 4.82. The first-order valence-electron chi connectivity index (χ1n) is 30.9. The van der Waals surface area contributed by atoms with Gasteiger partial charge in [-0.25, -0.2) is 5.01 Å². The molecule has 6 aromatic carbocycles. The number of thiocarbonyl (C=S) groups is 1. The number of fused-ring (bicyclic) bond motifs is 10. The number of rotatable bonds is 36. The molecule has 7 aromatic rings. The lowest BCUT2D eigenvalue weighted by molar-refractivity contribution is -0.120. The molecular formula is C70H77N8O12S+. The van der Waals surface area contributed by atoms with Crippen molar-refractivity contribution in [2.75, 3.05) is 140 Å². The molecule has 0 radical (unpaired) electrons. The highest BCUT2D eigenvalue weighted by atomic mass is 32.1. The average molecular weight is 1250 g/mol. The third-order valence-corrected chi connectivity index (χ3v) is 16.1. The van der Waals surface area contributed by atoms with Crippen LogP contribution in [0.4, 0.5) is 22.7 Å². The first-order valence-corrected chi connectivity index (χ1v) is 31.3. The molecule has 21 heteroatoms. The van der Waals surface area contributed by atoms with Gasteiger partial charge in [-0.1, -0.05) is 125 Å². The maximum Gasteiger partial charge on any atom is 0.229 e. The molecule has 0 saturated heterocycles. The summed E-state index contributed by atoms with van der Waals surface area (Å²) in [4.78, 5) is 27.5. The smallest absolute Gasteiger partial charge is 0.229 e. The summed E-state index contributed by atoms with van der Waals surface area (Å²) in [6.45, 7) is 12.5. The van der Waals surface area contributed by atoms with Gasteiger partial charge in [0.25, 0.3) is 0 Å². The molecule has 20 nitrogen and oxygen atoms in total. The second-order valence-corrected chi connectivity index (χ2v) is 22.0. The number of benzene rings is 6. The second-order valence-electron chi connectivity index (χ2n) is 21.8. The molecule has 4 aliphatic rings. The molecule has 474 valence electrons. The number of isothiocyanates is 1. The molecule has 0 fully saturated rings. The van der Waals surface area contributed by atoms with E-state index in [1.54, 1.807) is 12.4 Å². The van der Waals surface area contributed by atoms with Gasteiger partial charge in [-0.05, 0) is 93.7 Å². The van der Waals surface area contributed by atoms with E-state index < -0.39 is 0 Å². The van der Waals surface area contributed by atoms with E-state index in [2.05, 4.69) is 93.5 Å². The van der Waals surface area contributed by atoms with E-state index in [1.165, 1.54) is 21.4 Å². The number of amides is 1. The van der Waals surface area contributed by atoms with Crippen molar-refractivity contribution in [3.63, 3.8) is 0 Å². The van der Waals surface area contributed by atoms with E-state index in [4.69, 9.17) is 75.2 Å². The van der Waals surface area contributed by atoms with Crippen molar-refractivity contribution in [1.29, 1.82) is 0 Å². The fraction of sp³-hybridized carbons (Fsp3) is 0.357. The number of aliphatic imine (C=N–C) groups is 1. The van der Waals surface area contributed by atoms with Crippen molar-refractivity contribution in [3.05, 3.63) is 203 Å². The molecule has 0 saturated carbocycles. The zero-order chi connectivity index (χ0) is 62.4. The van der Waals surface area contributed by atoms with Crippen LogP contribution in [0.1, 0.15) is 57.4 Å². The zero-order valence-electron chi connectivity index (χ0n) is 51.0. The number of anilines is 3. The van der Waals surface area contributed by atoms with Gasteiger partial charge in [0, 0.05) is 40.9 Å². The molecule has 3 aliphatic heterocycles. The van der Waals surface area contributed by atoms with Gasteiger partial charge in [0.05, 0.1) is 160 Å². The molecule has 91 heavy (non-hydrogen) atoms. The summed E-state index contributed by atoms with van der Waals surface area (Å²) < 4.78 is 54.7. The molecule has 0 spiro atoms. The molecule has 11 rings (SSSR count). The van der Waals surface area contributed by atoms with Crippen molar-refractivity contribution >= 4 is 74.3 Å². The zero-order valence-corrected chi connectivity index (χ0v) is 51.8. The largest absolute Gasteiger partial charge is 0.487 e. The highest BCUT2D eigenvalue weighted by Crippen LogP contribution is 2.56. The summed E-state index contributed by atoms with van der Waals surface area (Å²) in [5.41, 5.74) is 15.3. The highest BCUT2D eigenvalue weighted by molar-refractivity contribution is 7.78. The Balaban J connectivity index is 0.581. The van der Waals surface area contributed by atoms with Gasteiger partial charge >= 0.3 is 0 Å². The van der Waals surface area contributed by atoms with E-state index in [9.17, 15) is 4.79 Å². The minimum absolute atomic E-state index is 0.00622. The number of nitrogens with zero attached hydrogens (tertiary/aromatic N) is 8. The SMILES string of the molecule is C=C1C2=C1c1ccccc1N(C(=O)CCOCCOCCOCC(COCCOCCOCCO/N=C/c1cn([OH2+])c3ccccc13)OCCOCCOCCN1Cc3ccccc3C3C(N=NN3c3ccc(N=C=S)cc3)c3ccccc31)Cc1ccccc12. The van der Waals surface area contributed by atoms with Crippen LogP contribution in [0.3, 0.4) is 0 Å². The molecular weight excluding hydrogens is 1180 g/mol. The van der Waals surface area contributed by atoms with Crippen LogP contribution >= 0.6 is 12.2 Å². The summed E-state index contributed by atoms with van der Waals surface area (Å²) in [7, 11) is 0. The van der Waals surface area contributed by atoms with Gasteiger partial charge in [0.15, 0.2) is 0 Å². The van der Waals surface area contributed by atoms with Crippen molar-refractivity contribution in [2.45, 2.75) is 37.7 Å². The third kappa shape index (κ3) is 16.8. The van der Waals surface area contributed by atoms with E-state index in [1.807, 2.05) is 88.8 Å². The van der Waals surface area contributed by atoms with E-state index in [-0.39, 0.29) is 56.9 Å². The Labute approximate surface area is 535 Å². The van der Waals surface area contributed by atoms with E-state index in [0.29, 0.717) is 112 Å². The summed E-state index contributed by atoms with van der Waals surface area (Å²) in [5.74, 6) is -0.00622. The lowest BCUT2D eigenvalue weighted by atomic mass is 9.87. The quantitative estimate of drug-likeness (QED) is 0.0118. The Morgan fingerprint density at radius 1 is 0.626 bits per heavy atom. The normalized spacial score (nSPS) is 15.9. The minimum atomic E-state index is -0.370. The third-order valence-electron chi connectivity index (χ3n) is 16.0. The van der Waals surface area contributed by atoms with Crippen LogP contribution in [0.5, 0.6) is 0 Å².